The molecule has 0 fully saturated rings. The molecular formula is C11H12N6. The molecule has 0 N–H and O–H groups in total. The number of hydrogen-bond acceptors (Lipinski definition) is 5. The zero-order chi connectivity index (χ0) is 12.3. The molecule has 0 spiro atoms. The van der Waals surface area contributed by atoms with Gasteiger partial charge in [0.2, 0.25) is 0 Å². The van der Waals surface area contributed by atoms with Crippen LogP contribution in [0.4, 0.5) is 5.82 Å². The standard InChI is InChI=1S/C11H12N6/c1-16-6-5-13-10(16)8-17(2)11-9(7-12)3-4-14-15-11/h3-6H,8H2,1-2H3. The third-order valence-corrected chi connectivity index (χ3v) is 2.48. The van der Waals surface area contributed by atoms with Crippen molar-refractivity contribution < 1.29 is 0 Å². The van der Waals surface area contributed by atoms with Crippen LogP contribution in [0.2, 0.25) is 0 Å². The van der Waals surface area contributed by atoms with Crippen LogP contribution in [0.25, 0.3) is 0 Å². The molecule has 2 aromatic heterocycles. The van der Waals surface area contributed by atoms with Crippen molar-refractivity contribution in [3.05, 3.63) is 36.0 Å². The number of nitrogens with zero attached hydrogens (tertiary/aromatic N) is 6. The predicted molar refractivity (Wildman–Crippen MR) is 62.1 cm³/mol. The van der Waals surface area contributed by atoms with Crippen molar-refractivity contribution in [1.82, 2.24) is 19.7 Å². The van der Waals surface area contributed by atoms with Crippen LogP contribution < -0.4 is 4.90 Å². The summed E-state index contributed by atoms with van der Waals surface area (Å²) in [5, 5.41) is 16.8. The van der Waals surface area contributed by atoms with Gasteiger partial charge in [0.05, 0.1) is 18.3 Å². The van der Waals surface area contributed by atoms with E-state index in [2.05, 4.69) is 21.3 Å². The Kier molecular flexibility index (Phi) is 3.01. The third kappa shape index (κ3) is 2.23. The lowest BCUT2D eigenvalue weighted by Gasteiger charge is -2.17. The molecule has 2 aromatic rings. The minimum absolute atomic E-state index is 0.511. The Morgan fingerprint density at radius 1 is 1.47 bits per heavy atom. The molecule has 86 valence electrons. The summed E-state index contributed by atoms with van der Waals surface area (Å²) in [6, 6.07) is 3.75. The van der Waals surface area contributed by atoms with Gasteiger partial charge in [-0.05, 0) is 6.07 Å². The molecule has 0 unspecified atom stereocenters. The third-order valence-electron chi connectivity index (χ3n) is 2.48. The molecule has 0 radical (unpaired) electrons. The molecule has 2 rings (SSSR count). The zero-order valence-corrected chi connectivity index (χ0v) is 9.70. The number of imidazole rings is 1. The fourth-order valence-electron chi connectivity index (χ4n) is 1.53. The average molecular weight is 228 g/mol. The molecule has 0 saturated heterocycles. The van der Waals surface area contributed by atoms with Crippen molar-refractivity contribution >= 4 is 5.82 Å². The molecule has 2 heterocycles. The predicted octanol–water partition coefficient (Wildman–Crippen LogP) is 0.718. The van der Waals surface area contributed by atoms with Crippen molar-refractivity contribution in [1.29, 1.82) is 5.26 Å². The minimum atomic E-state index is 0.511. The van der Waals surface area contributed by atoms with Crippen LogP contribution >= 0.6 is 0 Å². The molecule has 0 amide bonds. The van der Waals surface area contributed by atoms with Crippen LogP contribution in [0.5, 0.6) is 0 Å². The quantitative estimate of drug-likeness (QED) is 0.774. The van der Waals surface area contributed by atoms with Crippen LogP contribution in [-0.2, 0) is 13.6 Å². The van der Waals surface area contributed by atoms with E-state index < -0.39 is 0 Å². The highest BCUT2D eigenvalue weighted by atomic mass is 15.3. The van der Waals surface area contributed by atoms with Gasteiger partial charge < -0.3 is 9.47 Å². The van der Waals surface area contributed by atoms with Gasteiger partial charge in [-0.2, -0.15) is 10.4 Å². The van der Waals surface area contributed by atoms with Crippen LogP contribution in [0.3, 0.4) is 0 Å². The van der Waals surface area contributed by atoms with Crippen molar-refractivity contribution in [3.8, 4) is 6.07 Å². The molecule has 0 aliphatic carbocycles. The first-order valence-corrected chi connectivity index (χ1v) is 5.11. The molecule has 0 aliphatic heterocycles. The van der Waals surface area contributed by atoms with Gasteiger partial charge in [0.15, 0.2) is 5.82 Å². The number of anilines is 1. The molecule has 6 heteroatoms. The lowest BCUT2D eigenvalue weighted by atomic mass is 10.3. The van der Waals surface area contributed by atoms with E-state index in [9.17, 15) is 0 Å². The summed E-state index contributed by atoms with van der Waals surface area (Å²) in [5.41, 5.74) is 0.511. The van der Waals surface area contributed by atoms with E-state index in [1.807, 2.05) is 29.8 Å². The van der Waals surface area contributed by atoms with Crippen LogP contribution in [-0.4, -0.2) is 26.8 Å². The first kappa shape index (κ1) is 11.1. The summed E-state index contributed by atoms with van der Waals surface area (Å²) in [6.07, 6.45) is 5.13. The zero-order valence-electron chi connectivity index (χ0n) is 9.70. The lowest BCUT2D eigenvalue weighted by Crippen LogP contribution is -2.21. The lowest BCUT2D eigenvalue weighted by molar-refractivity contribution is 0.749. The maximum absolute atomic E-state index is 8.98. The largest absolute Gasteiger partial charge is 0.350 e. The molecule has 0 saturated carbocycles. The van der Waals surface area contributed by atoms with Crippen molar-refractivity contribution in [3.63, 3.8) is 0 Å². The molecule has 0 aliphatic rings. The van der Waals surface area contributed by atoms with E-state index in [0.29, 0.717) is 17.9 Å². The summed E-state index contributed by atoms with van der Waals surface area (Å²) < 4.78 is 1.93. The second-order valence-corrected chi connectivity index (χ2v) is 3.69. The smallest absolute Gasteiger partial charge is 0.169 e. The summed E-state index contributed by atoms with van der Waals surface area (Å²) in [6.45, 7) is 0.580. The topological polar surface area (TPSA) is 70.6 Å². The summed E-state index contributed by atoms with van der Waals surface area (Å²) in [4.78, 5) is 6.08. The van der Waals surface area contributed by atoms with Gasteiger partial charge in [-0.15, -0.1) is 5.10 Å². The maximum atomic E-state index is 8.98. The molecular weight excluding hydrogens is 216 g/mol. The number of aryl methyl sites for hydroxylation is 1. The Balaban J connectivity index is 2.24. The van der Waals surface area contributed by atoms with Gasteiger partial charge in [0.25, 0.3) is 0 Å². The van der Waals surface area contributed by atoms with Gasteiger partial charge in [0, 0.05) is 26.5 Å². The van der Waals surface area contributed by atoms with E-state index in [0.717, 1.165) is 5.82 Å². The summed E-state index contributed by atoms with van der Waals surface area (Å²) in [5.74, 6) is 1.47. The van der Waals surface area contributed by atoms with Crippen LogP contribution in [0, 0.1) is 11.3 Å². The Morgan fingerprint density at radius 3 is 2.94 bits per heavy atom. The van der Waals surface area contributed by atoms with Crippen molar-refractivity contribution in [2.45, 2.75) is 6.54 Å². The number of hydrogen-bond donors (Lipinski definition) is 0. The van der Waals surface area contributed by atoms with Crippen molar-refractivity contribution in [2.75, 3.05) is 11.9 Å². The second kappa shape index (κ2) is 4.61. The van der Waals surface area contributed by atoms with E-state index in [-0.39, 0.29) is 0 Å². The fourth-order valence-corrected chi connectivity index (χ4v) is 1.53. The summed E-state index contributed by atoms with van der Waals surface area (Å²) >= 11 is 0. The molecule has 6 nitrogen and oxygen atoms in total. The minimum Gasteiger partial charge on any atom is -0.350 e. The average Bonchev–Trinajstić information content (AvgIpc) is 2.75. The van der Waals surface area contributed by atoms with E-state index >= 15 is 0 Å². The highest BCUT2D eigenvalue weighted by molar-refractivity contribution is 5.51. The Bertz CT molecular complexity index is 553. The SMILES string of the molecule is CN(Cc1nccn1C)c1nnccc1C#N. The number of aromatic nitrogens is 4. The highest BCUT2D eigenvalue weighted by Crippen LogP contribution is 2.15. The Labute approximate surface area is 99.1 Å². The molecule has 0 atom stereocenters. The van der Waals surface area contributed by atoms with E-state index in [1.165, 1.54) is 6.20 Å². The highest BCUT2D eigenvalue weighted by Gasteiger charge is 2.11. The first-order chi connectivity index (χ1) is 8.22. The van der Waals surface area contributed by atoms with Crippen molar-refractivity contribution in [2.24, 2.45) is 7.05 Å². The first-order valence-electron chi connectivity index (χ1n) is 5.11. The summed E-state index contributed by atoms with van der Waals surface area (Å²) in [7, 11) is 3.79. The second-order valence-electron chi connectivity index (χ2n) is 3.69. The molecule has 0 aromatic carbocycles. The van der Waals surface area contributed by atoms with Gasteiger partial charge >= 0.3 is 0 Å². The normalized spacial score (nSPS) is 9.94. The fraction of sp³-hybridized carbons (Fsp3) is 0.273. The molecule has 0 bridgehead atoms. The maximum Gasteiger partial charge on any atom is 0.169 e. The molecule has 17 heavy (non-hydrogen) atoms. The number of nitriles is 1. The van der Waals surface area contributed by atoms with Gasteiger partial charge in [-0.25, -0.2) is 4.98 Å². The van der Waals surface area contributed by atoms with E-state index in [4.69, 9.17) is 5.26 Å². The Hall–Kier alpha value is -2.42. The van der Waals surface area contributed by atoms with Gasteiger partial charge in [0.1, 0.15) is 11.9 Å². The van der Waals surface area contributed by atoms with E-state index in [1.54, 1.807) is 12.3 Å². The van der Waals surface area contributed by atoms with Crippen LogP contribution in [0.15, 0.2) is 24.7 Å². The van der Waals surface area contributed by atoms with Gasteiger partial charge in [-0.1, -0.05) is 0 Å². The Morgan fingerprint density at radius 2 is 2.29 bits per heavy atom. The van der Waals surface area contributed by atoms with Crippen LogP contribution in [0.1, 0.15) is 11.4 Å². The number of rotatable bonds is 3. The van der Waals surface area contributed by atoms with Gasteiger partial charge in [-0.3, -0.25) is 0 Å². The monoisotopic (exact) mass is 228 g/mol.